The molecule has 1 amide bonds. The third-order valence-electron chi connectivity index (χ3n) is 4.36. The summed E-state index contributed by atoms with van der Waals surface area (Å²) < 4.78 is 25.3. The molecule has 0 aliphatic heterocycles. The molecule has 0 unspecified atom stereocenters. The van der Waals surface area contributed by atoms with Gasteiger partial charge >= 0.3 is 0 Å². The van der Waals surface area contributed by atoms with Crippen LogP contribution in [-0.4, -0.2) is 31.4 Å². The van der Waals surface area contributed by atoms with E-state index in [1.165, 1.54) is 5.56 Å². The first kappa shape index (κ1) is 21.4. The van der Waals surface area contributed by atoms with E-state index in [9.17, 15) is 13.2 Å². The van der Waals surface area contributed by atoms with Gasteiger partial charge in [-0.1, -0.05) is 61.0 Å². The first-order valence-corrected chi connectivity index (χ1v) is 11.0. The molecule has 0 aromatic heterocycles. The van der Waals surface area contributed by atoms with Crippen molar-refractivity contribution in [3.63, 3.8) is 0 Å². The predicted molar refractivity (Wildman–Crippen MR) is 109 cm³/mol. The lowest BCUT2D eigenvalue weighted by molar-refractivity contribution is -0.122. The topological polar surface area (TPSA) is 66.5 Å². The number of hydrogen-bond acceptors (Lipinski definition) is 3. The Labute approximate surface area is 166 Å². The number of carbonyl (C=O) groups is 1. The fraction of sp³-hybridized carbons (Fsp3) is 0.350. The highest BCUT2D eigenvalue weighted by molar-refractivity contribution is 7.88. The Bertz CT molecular complexity index is 882. The van der Waals surface area contributed by atoms with Crippen molar-refractivity contribution in [1.29, 1.82) is 0 Å². The Hall–Kier alpha value is -1.89. The number of aryl methyl sites for hydroxylation is 1. The van der Waals surface area contributed by atoms with Crippen LogP contribution in [0, 0.1) is 0 Å². The van der Waals surface area contributed by atoms with Crippen molar-refractivity contribution in [3.05, 3.63) is 70.2 Å². The van der Waals surface area contributed by atoms with Crippen molar-refractivity contribution in [2.24, 2.45) is 0 Å². The molecule has 7 heteroatoms. The van der Waals surface area contributed by atoms with Crippen LogP contribution in [0.5, 0.6) is 0 Å². The molecular formula is C20H25ClN2O3S. The molecule has 0 bridgehead atoms. The monoisotopic (exact) mass is 408 g/mol. The van der Waals surface area contributed by atoms with Crippen molar-refractivity contribution in [2.75, 3.05) is 12.8 Å². The van der Waals surface area contributed by atoms with E-state index in [1.54, 1.807) is 24.3 Å². The standard InChI is InChI=1S/C20H25ClN2O3S/c1-4-16-9-11-17(12-10-16)15(2)22-20(24)14-23(27(3,25)26)13-18-7-5-6-8-19(18)21/h5-12,15H,4,13-14H2,1-3H3,(H,22,24)/t15-/m1/s1. The van der Waals surface area contributed by atoms with Crippen LogP contribution in [0.2, 0.25) is 5.02 Å². The van der Waals surface area contributed by atoms with Gasteiger partial charge in [-0.3, -0.25) is 4.79 Å². The molecule has 0 saturated heterocycles. The first-order chi connectivity index (χ1) is 12.7. The zero-order valence-electron chi connectivity index (χ0n) is 15.8. The van der Waals surface area contributed by atoms with Gasteiger partial charge < -0.3 is 5.32 Å². The fourth-order valence-corrected chi connectivity index (χ4v) is 3.60. The van der Waals surface area contributed by atoms with Crippen LogP contribution in [0.1, 0.15) is 36.6 Å². The Morgan fingerprint density at radius 3 is 2.33 bits per heavy atom. The number of rotatable bonds is 8. The quantitative estimate of drug-likeness (QED) is 0.726. The van der Waals surface area contributed by atoms with Crippen molar-refractivity contribution in [3.8, 4) is 0 Å². The third kappa shape index (κ3) is 6.34. The summed E-state index contributed by atoms with van der Waals surface area (Å²) in [6, 6.07) is 14.8. The Morgan fingerprint density at radius 2 is 1.78 bits per heavy atom. The second-order valence-electron chi connectivity index (χ2n) is 6.51. The molecule has 27 heavy (non-hydrogen) atoms. The van der Waals surface area contributed by atoms with Crippen LogP contribution in [0.25, 0.3) is 0 Å². The van der Waals surface area contributed by atoms with Gasteiger partial charge in [0.25, 0.3) is 0 Å². The second kappa shape index (κ2) is 9.35. The van der Waals surface area contributed by atoms with Gasteiger partial charge in [0.05, 0.1) is 18.8 Å². The zero-order chi connectivity index (χ0) is 20.0. The lowest BCUT2D eigenvalue weighted by atomic mass is 10.1. The average molecular weight is 409 g/mol. The zero-order valence-corrected chi connectivity index (χ0v) is 17.3. The maximum atomic E-state index is 12.4. The van der Waals surface area contributed by atoms with E-state index >= 15 is 0 Å². The van der Waals surface area contributed by atoms with Crippen LogP contribution in [0.4, 0.5) is 0 Å². The van der Waals surface area contributed by atoms with Gasteiger partial charge in [0.2, 0.25) is 15.9 Å². The molecular weight excluding hydrogens is 384 g/mol. The number of nitrogens with one attached hydrogen (secondary N) is 1. The van der Waals surface area contributed by atoms with Gasteiger partial charge in [0, 0.05) is 11.6 Å². The summed E-state index contributed by atoms with van der Waals surface area (Å²) in [6.45, 7) is 3.74. The predicted octanol–water partition coefficient (Wildman–Crippen LogP) is 3.54. The summed E-state index contributed by atoms with van der Waals surface area (Å²) in [4.78, 5) is 12.4. The van der Waals surface area contributed by atoms with Gasteiger partial charge in [-0.05, 0) is 36.1 Å². The Balaban J connectivity index is 2.06. The van der Waals surface area contributed by atoms with Crippen LogP contribution >= 0.6 is 11.6 Å². The highest BCUT2D eigenvalue weighted by Crippen LogP contribution is 2.19. The third-order valence-corrected chi connectivity index (χ3v) is 5.92. The van der Waals surface area contributed by atoms with Gasteiger partial charge in [0.1, 0.15) is 0 Å². The van der Waals surface area contributed by atoms with Crippen molar-refractivity contribution in [2.45, 2.75) is 32.9 Å². The van der Waals surface area contributed by atoms with Crippen LogP contribution in [0.15, 0.2) is 48.5 Å². The SMILES string of the molecule is CCc1ccc([C@@H](C)NC(=O)CN(Cc2ccccc2Cl)S(C)(=O)=O)cc1. The summed E-state index contributed by atoms with van der Waals surface area (Å²) >= 11 is 6.12. The summed E-state index contributed by atoms with van der Waals surface area (Å²) in [6.07, 6.45) is 2.04. The van der Waals surface area contributed by atoms with E-state index in [2.05, 4.69) is 12.2 Å². The highest BCUT2D eigenvalue weighted by Gasteiger charge is 2.22. The lowest BCUT2D eigenvalue weighted by Gasteiger charge is -2.22. The van der Waals surface area contributed by atoms with E-state index in [-0.39, 0.29) is 25.0 Å². The number of amides is 1. The molecule has 146 valence electrons. The molecule has 0 fully saturated rings. The molecule has 0 spiro atoms. The van der Waals surface area contributed by atoms with E-state index in [1.807, 2.05) is 31.2 Å². The van der Waals surface area contributed by atoms with Gasteiger partial charge in [0.15, 0.2) is 0 Å². The van der Waals surface area contributed by atoms with Gasteiger partial charge in [-0.2, -0.15) is 4.31 Å². The van der Waals surface area contributed by atoms with Gasteiger partial charge in [-0.25, -0.2) is 8.42 Å². The minimum atomic E-state index is -3.57. The number of carbonyl (C=O) groups excluding carboxylic acids is 1. The lowest BCUT2D eigenvalue weighted by Crippen LogP contribution is -2.40. The molecule has 0 aliphatic rings. The minimum absolute atomic E-state index is 0.0471. The number of halogens is 1. The van der Waals surface area contributed by atoms with Crippen LogP contribution < -0.4 is 5.32 Å². The molecule has 2 aromatic carbocycles. The summed E-state index contributed by atoms with van der Waals surface area (Å²) in [5, 5.41) is 3.33. The number of nitrogens with zero attached hydrogens (tertiary/aromatic N) is 1. The Kier molecular flexibility index (Phi) is 7.41. The van der Waals surface area contributed by atoms with Crippen molar-refractivity contribution < 1.29 is 13.2 Å². The maximum absolute atomic E-state index is 12.4. The molecule has 5 nitrogen and oxygen atoms in total. The molecule has 2 rings (SSSR count). The van der Waals surface area contributed by atoms with E-state index in [4.69, 9.17) is 11.6 Å². The van der Waals surface area contributed by atoms with Gasteiger partial charge in [-0.15, -0.1) is 0 Å². The minimum Gasteiger partial charge on any atom is -0.348 e. The largest absolute Gasteiger partial charge is 0.348 e. The molecule has 0 radical (unpaired) electrons. The maximum Gasteiger partial charge on any atom is 0.235 e. The average Bonchev–Trinajstić information content (AvgIpc) is 2.62. The van der Waals surface area contributed by atoms with Crippen molar-refractivity contribution >= 4 is 27.5 Å². The number of sulfonamides is 1. The van der Waals surface area contributed by atoms with Crippen LogP contribution in [-0.2, 0) is 27.8 Å². The first-order valence-electron chi connectivity index (χ1n) is 8.77. The molecule has 1 atom stereocenters. The summed E-state index contributed by atoms with van der Waals surface area (Å²) in [5.74, 6) is -0.362. The van der Waals surface area contributed by atoms with E-state index in [0.29, 0.717) is 10.6 Å². The molecule has 0 aliphatic carbocycles. The highest BCUT2D eigenvalue weighted by atomic mass is 35.5. The Morgan fingerprint density at radius 1 is 1.15 bits per heavy atom. The fourth-order valence-electron chi connectivity index (χ4n) is 2.68. The van der Waals surface area contributed by atoms with Crippen LogP contribution in [0.3, 0.4) is 0 Å². The van der Waals surface area contributed by atoms with E-state index in [0.717, 1.165) is 22.5 Å². The molecule has 1 N–H and O–H groups in total. The molecule has 0 heterocycles. The smallest absolute Gasteiger partial charge is 0.235 e. The normalized spacial score (nSPS) is 12.8. The van der Waals surface area contributed by atoms with Crippen molar-refractivity contribution in [1.82, 2.24) is 9.62 Å². The number of benzene rings is 2. The number of hydrogen-bond donors (Lipinski definition) is 1. The summed E-state index contributed by atoms with van der Waals surface area (Å²) in [7, 11) is -3.57. The van der Waals surface area contributed by atoms with E-state index < -0.39 is 10.0 Å². The summed E-state index contributed by atoms with van der Waals surface area (Å²) in [5.41, 5.74) is 2.85. The second-order valence-corrected chi connectivity index (χ2v) is 8.90. The molecule has 2 aromatic rings. The molecule has 0 saturated carbocycles.